The third-order valence-corrected chi connectivity index (χ3v) is 3.28. The molecule has 0 aliphatic rings. The number of amides is 1. The minimum atomic E-state index is -0.0515. The third kappa shape index (κ3) is 5.19. The zero-order valence-electron chi connectivity index (χ0n) is 13.1. The van der Waals surface area contributed by atoms with E-state index in [4.69, 9.17) is 5.73 Å². The van der Waals surface area contributed by atoms with E-state index in [0.717, 1.165) is 25.9 Å². The van der Waals surface area contributed by atoms with Crippen molar-refractivity contribution in [1.29, 1.82) is 0 Å². The SMILES string of the molecule is CC(C)CCN(CCC(C)C)C(=O)c1ncccc1N. The molecule has 0 bridgehead atoms. The first-order valence-electron chi connectivity index (χ1n) is 7.41. The maximum atomic E-state index is 12.6. The van der Waals surface area contributed by atoms with E-state index in [0.29, 0.717) is 23.2 Å². The first-order chi connectivity index (χ1) is 9.41. The Balaban J connectivity index is 2.80. The van der Waals surface area contributed by atoms with E-state index in [2.05, 4.69) is 32.7 Å². The zero-order valence-corrected chi connectivity index (χ0v) is 13.1. The average molecular weight is 277 g/mol. The predicted molar refractivity (Wildman–Crippen MR) is 83.5 cm³/mol. The highest BCUT2D eigenvalue weighted by Gasteiger charge is 2.19. The van der Waals surface area contributed by atoms with E-state index in [9.17, 15) is 4.79 Å². The molecule has 0 aromatic carbocycles. The van der Waals surface area contributed by atoms with Crippen molar-refractivity contribution in [2.45, 2.75) is 40.5 Å². The van der Waals surface area contributed by atoms with Gasteiger partial charge in [0.25, 0.3) is 5.91 Å². The summed E-state index contributed by atoms with van der Waals surface area (Å²) in [4.78, 5) is 18.6. The average Bonchev–Trinajstić information content (AvgIpc) is 2.38. The highest BCUT2D eigenvalue weighted by Crippen LogP contribution is 2.14. The van der Waals surface area contributed by atoms with Crippen LogP contribution in [0.2, 0.25) is 0 Å². The van der Waals surface area contributed by atoms with Crippen molar-refractivity contribution in [2.75, 3.05) is 18.8 Å². The first kappa shape index (κ1) is 16.5. The van der Waals surface area contributed by atoms with Gasteiger partial charge in [0.15, 0.2) is 5.69 Å². The van der Waals surface area contributed by atoms with Crippen LogP contribution in [-0.4, -0.2) is 28.9 Å². The Morgan fingerprint density at radius 1 is 1.20 bits per heavy atom. The molecule has 0 aliphatic heterocycles. The summed E-state index contributed by atoms with van der Waals surface area (Å²) < 4.78 is 0. The van der Waals surface area contributed by atoms with Crippen LogP contribution in [0.15, 0.2) is 18.3 Å². The van der Waals surface area contributed by atoms with Crippen LogP contribution in [-0.2, 0) is 0 Å². The van der Waals surface area contributed by atoms with Crippen LogP contribution < -0.4 is 5.73 Å². The maximum Gasteiger partial charge on any atom is 0.274 e. The molecule has 0 saturated carbocycles. The summed E-state index contributed by atoms with van der Waals surface area (Å²) in [6.45, 7) is 10.2. The maximum absolute atomic E-state index is 12.6. The third-order valence-electron chi connectivity index (χ3n) is 3.28. The van der Waals surface area contributed by atoms with E-state index < -0.39 is 0 Å². The number of hydrogen-bond donors (Lipinski definition) is 1. The van der Waals surface area contributed by atoms with Crippen molar-refractivity contribution in [3.8, 4) is 0 Å². The van der Waals surface area contributed by atoms with Gasteiger partial charge in [-0.3, -0.25) is 4.79 Å². The molecule has 4 heteroatoms. The second kappa shape index (κ2) is 7.88. The van der Waals surface area contributed by atoms with E-state index >= 15 is 0 Å². The van der Waals surface area contributed by atoms with Crippen molar-refractivity contribution < 1.29 is 4.79 Å². The monoisotopic (exact) mass is 277 g/mol. The van der Waals surface area contributed by atoms with Gasteiger partial charge < -0.3 is 10.6 Å². The molecule has 1 rings (SSSR count). The number of nitrogens with zero attached hydrogens (tertiary/aromatic N) is 2. The summed E-state index contributed by atoms with van der Waals surface area (Å²) in [6.07, 6.45) is 3.61. The zero-order chi connectivity index (χ0) is 15.1. The van der Waals surface area contributed by atoms with Gasteiger partial charge in [-0.25, -0.2) is 4.98 Å². The highest BCUT2D eigenvalue weighted by atomic mass is 16.2. The van der Waals surface area contributed by atoms with E-state index in [1.807, 2.05) is 4.90 Å². The van der Waals surface area contributed by atoms with Gasteiger partial charge in [0.05, 0.1) is 5.69 Å². The lowest BCUT2D eigenvalue weighted by Crippen LogP contribution is -2.35. The summed E-state index contributed by atoms with van der Waals surface area (Å²) in [5.41, 5.74) is 6.69. The number of nitrogen functional groups attached to an aromatic ring is 1. The smallest absolute Gasteiger partial charge is 0.274 e. The van der Waals surface area contributed by atoms with Crippen molar-refractivity contribution in [3.63, 3.8) is 0 Å². The first-order valence-corrected chi connectivity index (χ1v) is 7.41. The number of pyridine rings is 1. The predicted octanol–water partition coefficient (Wildman–Crippen LogP) is 3.20. The number of nitrogens with two attached hydrogens (primary N) is 1. The molecule has 0 atom stereocenters. The lowest BCUT2D eigenvalue weighted by Gasteiger charge is -2.24. The van der Waals surface area contributed by atoms with E-state index in [1.54, 1.807) is 18.3 Å². The Labute approximate surface area is 122 Å². The topological polar surface area (TPSA) is 59.2 Å². The molecular formula is C16H27N3O. The number of rotatable bonds is 7. The summed E-state index contributed by atoms with van der Waals surface area (Å²) in [5.74, 6) is 1.10. The Morgan fingerprint density at radius 2 is 1.75 bits per heavy atom. The molecule has 0 spiro atoms. The van der Waals surface area contributed by atoms with E-state index in [1.165, 1.54) is 0 Å². The van der Waals surface area contributed by atoms with Crippen molar-refractivity contribution >= 4 is 11.6 Å². The van der Waals surface area contributed by atoms with Crippen LogP contribution in [0.25, 0.3) is 0 Å². The molecule has 0 saturated heterocycles. The summed E-state index contributed by atoms with van der Waals surface area (Å²) in [6, 6.07) is 3.47. The number of aromatic nitrogens is 1. The molecule has 0 radical (unpaired) electrons. The molecule has 1 heterocycles. The van der Waals surface area contributed by atoms with Gasteiger partial charge in [0.1, 0.15) is 0 Å². The molecule has 4 nitrogen and oxygen atoms in total. The molecular weight excluding hydrogens is 250 g/mol. The normalized spacial score (nSPS) is 11.1. The molecule has 1 aromatic rings. The minimum Gasteiger partial charge on any atom is -0.397 e. The molecule has 0 aliphatic carbocycles. The van der Waals surface area contributed by atoms with Crippen molar-refractivity contribution in [3.05, 3.63) is 24.0 Å². The summed E-state index contributed by atoms with van der Waals surface area (Å²) in [7, 11) is 0. The van der Waals surface area contributed by atoms with Crippen molar-refractivity contribution in [2.24, 2.45) is 11.8 Å². The summed E-state index contributed by atoms with van der Waals surface area (Å²) in [5, 5.41) is 0. The van der Waals surface area contributed by atoms with Gasteiger partial charge in [-0.05, 0) is 36.8 Å². The standard InChI is InChI=1S/C16H27N3O/c1-12(2)7-10-19(11-8-13(3)4)16(20)15-14(17)6-5-9-18-15/h5-6,9,12-13H,7-8,10-11,17H2,1-4H3. The Kier molecular flexibility index (Phi) is 6.49. The number of anilines is 1. The Bertz CT molecular complexity index is 417. The number of carbonyl (C=O) groups excluding carboxylic acids is 1. The van der Waals surface area contributed by atoms with Crippen LogP contribution in [0, 0.1) is 11.8 Å². The highest BCUT2D eigenvalue weighted by molar-refractivity contribution is 5.97. The van der Waals surface area contributed by atoms with Gasteiger partial charge in [-0.2, -0.15) is 0 Å². The number of hydrogen-bond acceptors (Lipinski definition) is 3. The van der Waals surface area contributed by atoms with E-state index in [-0.39, 0.29) is 5.91 Å². The molecule has 2 N–H and O–H groups in total. The largest absolute Gasteiger partial charge is 0.397 e. The van der Waals surface area contributed by atoms with Gasteiger partial charge in [0.2, 0.25) is 0 Å². The second-order valence-corrected chi connectivity index (χ2v) is 6.10. The van der Waals surface area contributed by atoms with Gasteiger partial charge in [0, 0.05) is 19.3 Å². The second-order valence-electron chi connectivity index (χ2n) is 6.10. The van der Waals surface area contributed by atoms with Crippen LogP contribution in [0.4, 0.5) is 5.69 Å². The van der Waals surface area contributed by atoms with Crippen LogP contribution in [0.3, 0.4) is 0 Å². The molecule has 0 unspecified atom stereocenters. The molecule has 1 amide bonds. The van der Waals surface area contributed by atoms with Crippen LogP contribution >= 0.6 is 0 Å². The van der Waals surface area contributed by atoms with Crippen LogP contribution in [0.1, 0.15) is 51.0 Å². The lowest BCUT2D eigenvalue weighted by molar-refractivity contribution is 0.0736. The molecule has 1 aromatic heterocycles. The fraction of sp³-hybridized carbons (Fsp3) is 0.625. The Hall–Kier alpha value is -1.58. The van der Waals surface area contributed by atoms with Crippen LogP contribution in [0.5, 0.6) is 0 Å². The van der Waals surface area contributed by atoms with Gasteiger partial charge in [-0.1, -0.05) is 27.7 Å². The van der Waals surface area contributed by atoms with Crippen molar-refractivity contribution in [1.82, 2.24) is 9.88 Å². The lowest BCUT2D eigenvalue weighted by atomic mass is 10.1. The van der Waals surface area contributed by atoms with Gasteiger partial charge >= 0.3 is 0 Å². The Morgan fingerprint density at radius 3 is 2.20 bits per heavy atom. The minimum absolute atomic E-state index is 0.0515. The molecule has 0 fully saturated rings. The van der Waals surface area contributed by atoms with Gasteiger partial charge in [-0.15, -0.1) is 0 Å². The summed E-state index contributed by atoms with van der Waals surface area (Å²) >= 11 is 0. The molecule has 20 heavy (non-hydrogen) atoms. The quantitative estimate of drug-likeness (QED) is 0.832. The number of carbonyl (C=O) groups is 1. The fourth-order valence-electron chi connectivity index (χ4n) is 1.89. The molecule has 112 valence electrons. The fourth-order valence-corrected chi connectivity index (χ4v) is 1.89.